The fraction of sp³-hybridized carbons (Fsp3) is 0.389. The minimum Gasteiger partial charge on any atom is -0.353 e. The molecule has 0 radical (unpaired) electrons. The maximum Gasteiger partial charge on any atom is 0.276 e. The van der Waals surface area contributed by atoms with Gasteiger partial charge in [0.25, 0.3) is 5.91 Å². The molecule has 4 rings (SSSR count). The van der Waals surface area contributed by atoms with E-state index in [-0.39, 0.29) is 30.7 Å². The minimum absolute atomic E-state index is 0. The van der Waals surface area contributed by atoms with Crippen LogP contribution < -0.4 is 10.6 Å². The lowest BCUT2D eigenvalue weighted by atomic mass is 9.86. The number of carbonyl (C=O) groups is 1. The van der Waals surface area contributed by atoms with Crippen molar-refractivity contribution in [3.8, 4) is 0 Å². The maximum absolute atomic E-state index is 12.2. The number of guanidine groups is 1. The van der Waals surface area contributed by atoms with Gasteiger partial charge < -0.3 is 10.3 Å². The molecule has 0 bridgehead atoms. The predicted molar refractivity (Wildman–Crippen MR) is 109 cm³/mol. The lowest BCUT2D eigenvalue weighted by Gasteiger charge is -2.29. The number of amides is 1. The summed E-state index contributed by atoms with van der Waals surface area (Å²) in [7, 11) is 0. The van der Waals surface area contributed by atoms with Gasteiger partial charge in [0.05, 0.1) is 0 Å². The Kier molecular flexibility index (Phi) is 6.67. The van der Waals surface area contributed by atoms with Crippen molar-refractivity contribution in [3.05, 3.63) is 35.8 Å². The molecule has 0 saturated heterocycles. The first kappa shape index (κ1) is 20.3. The summed E-state index contributed by atoms with van der Waals surface area (Å²) in [5.74, 6) is 1.01. The van der Waals surface area contributed by atoms with Crippen LogP contribution in [0, 0.1) is 5.92 Å². The molecule has 1 saturated carbocycles. The van der Waals surface area contributed by atoms with Gasteiger partial charge in [-0.05, 0) is 37.0 Å². The number of carbonyl (C=O) groups excluding carboxylic acids is 1. The Hall–Kier alpha value is -2.05. The van der Waals surface area contributed by atoms with E-state index in [1.165, 1.54) is 19.3 Å². The lowest BCUT2D eigenvalue weighted by molar-refractivity contribution is -0.115. The summed E-state index contributed by atoms with van der Waals surface area (Å²) in [4.78, 5) is 24.0. The second-order valence-corrected chi connectivity index (χ2v) is 6.60. The first-order valence-corrected chi connectivity index (χ1v) is 8.51. The summed E-state index contributed by atoms with van der Waals surface area (Å²) < 4.78 is 0. The number of aromatic nitrogens is 2. The van der Waals surface area contributed by atoms with Crippen LogP contribution in [0.15, 0.2) is 35.2 Å². The van der Waals surface area contributed by atoms with Gasteiger partial charge >= 0.3 is 0 Å². The van der Waals surface area contributed by atoms with Gasteiger partial charge in [-0.3, -0.25) is 10.1 Å². The molecule has 26 heavy (non-hydrogen) atoms. The molecule has 0 aromatic carbocycles. The third-order valence-corrected chi connectivity index (χ3v) is 4.91. The van der Waals surface area contributed by atoms with Crippen LogP contribution >= 0.6 is 24.8 Å². The van der Waals surface area contributed by atoms with Crippen LogP contribution in [0.5, 0.6) is 0 Å². The predicted octanol–water partition coefficient (Wildman–Crippen LogP) is 3.40. The van der Waals surface area contributed by atoms with Crippen molar-refractivity contribution in [1.82, 2.24) is 20.6 Å². The number of hydrogen-bond donors (Lipinski definition) is 3. The number of hydrogen-bond acceptors (Lipinski definition) is 4. The molecule has 2 aromatic rings. The molecule has 3 N–H and O–H groups in total. The molecule has 140 valence electrons. The van der Waals surface area contributed by atoms with Crippen LogP contribution in [0.2, 0.25) is 0 Å². The van der Waals surface area contributed by atoms with E-state index in [1.54, 1.807) is 12.3 Å². The molecule has 1 aliphatic heterocycles. The van der Waals surface area contributed by atoms with E-state index in [4.69, 9.17) is 0 Å². The molecule has 2 aromatic heterocycles. The molecule has 1 amide bonds. The van der Waals surface area contributed by atoms with E-state index in [1.807, 2.05) is 18.3 Å². The van der Waals surface area contributed by atoms with Gasteiger partial charge in [-0.25, -0.2) is 9.98 Å². The Bertz CT molecular complexity index is 845. The summed E-state index contributed by atoms with van der Waals surface area (Å²) in [6, 6.07) is 4.24. The first-order valence-electron chi connectivity index (χ1n) is 8.51. The van der Waals surface area contributed by atoms with Crippen molar-refractivity contribution in [2.45, 2.75) is 38.6 Å². The van der Waals surface area contributed by atoms with E-state index < -0.39 is 0 Å². The Labute approximate surface area is 164 Å². The molecular formula is C18H23Cl2N5O. The first-order chi connectivity index (χ1) is 11.7. The van der Waals surface area contributed by atoms with E-state index in [2.05, 4.69) is 32.5 Å². The highest BCUT2D eigenvalue weighted by Gasteiger charge is 2.26. The van der Waals surface area contributed by atoms with Gasteiger partial charge in [-0.2, -0.15) is 0 Å². The van der Waals surface area contributed by atoms with Gasteiger partial charge in [0, 0.05) is 29.4 Å². The van der Waals surface area contributed by atoms with Gasteiger partial charge in [-0.15, -0.1) is 24.8 Å². The third-order valence-electron chi connectivity index (χ3n) is 4.91. The van der Waals surface area contributed by atoms with Crippen LogP contribution in [0.25, 0.3) is 17.1 Å². The fourth-order valence-corrected chi connectivity index (χ4v) is 3.49. The summed E-state index contributed by atoms with van der Waals surface area (Å²) >= 11 is 0. The number of aliphatic imine (C=N–C) groups is 1. The highest BCUT2D eigenvalue weighted by molar-refractivity contribution is 6.14. The third kappa shape index (κ3) is 4.02. The lowest BCUT2D eigenvalue weighted by Crippen LogP contribution is -2.46. The molecule has 2 unspecified atom stereocenters. The zero-order chi connectivity index (χ0) is 16.5. The van der Waals surface area contributed by atoms with E-state index in [0.717, 1.165) is 23.0 Å². The number of halogens is 2. The number of pyridine rings is 1. The average Bonchev–Trinajstić information content (AvgIpc) is 3.14. The average molecular weight is 396 g/mol. The number of fused-ring (bicyclic) bond motifs is 1. The zero-order valence-corrected chi connectivity index (χ0v) is 16.1. The molecule has 1 aliphatic carbocycles. The highest BCUT2D eigenvalue weighted by Crippen LogP contribution is 2.24. The number of nitrogens with one attached hydrogen (secondary N) is 3. The second kappa shape index (κ2) is 8.56. The standard InChI is InChI=1S/C18H21N5O.2ClH/c1-11-5-2-3-7-14(11)21-18-22-15(17(24)23-18)9-12-10-20-16-13(12)6-4-8-19-16;;/h4,6,8-11,14H,2-3,5,7H2,1H3,(H,19,20)(H2,21,22,23,24);2*1H. The molecule has 1 fully saturated rings. The normalized spacial score (nSPS) is 23.8. The molecule has 3 heterocycles. The number of nitrogens with zero attached hydrogens (tertiary/aromatic N) is 2. The van der Waals surface area contributed by atoms with Crippen LogP contribution in [0.4, 0.5) is 0 Å². The Balaban J connectivity index is 0.00000121. The van der Waals surface area contributed by atoms with Gasteiger partial charge in [0.1, 0.15) is 11.3 Å². The summed E-state index contributed by atoms with van der Waals surface area (Å²) in [5, 5.41) is 7.22. The molecule has 2 aliphatic rings. The zero-order valence-electron chi connectivity index (χ0n) is 14.5. The molecule has 2 atom stereocenters. The van der Waals surface area contributed by atoms with Crippen molar-refractivity contribution in [2.75, 3.05) is 0 Å². The van der Waals surface area contributed by atoms with Gasteiger partial charge in [0.15, 0.2) is 0 Å². The fourth-order valence-electron chi connectivity index (χ4n) is 3.49. The monoisotopic (exact) mass is 395 g/mol. The van der Waals surface area contributed by atoms with Crippen molar-refractivity contribution >= 4 is 53.8 Å². The largest absolute Gasteiger partial charge is 0.353 e. The minimum atomic E-state index is -0.167. The molecule has 6 nitrogen and oxygen atoms in total. The highest BCUT2D eigenvalue weighted by atomic mass is 35.5. The van der Waals surface area contributed by atoms with Crippen LogP contribution in [0.1, 0.15) is 38.2 Å². The Morgan fingerprint density at radius 3 is 2.88 bits per heavy atom. The van der Waals surface area contributed by atoms with Crippen molar-refractivity contribution in [1.29, 1.82) is 0 Å². The second-order valence-electron chi connectivity index (χ2n) is 6.60. The maximum atomic E-state index is 12.2. The van der Waals surface area contributed by atoms with Crippen molar-refractivity contribution < 1.29 is 4.79 Å². The number of aromatic amines is 1. The Morgan fingerprint density at radius 2 is 2.08 bits per heavy atom. The van der Waals surface area contributed by atoms with E-state index >= 15 is 0 Å². The summed E-state index contributed by atoms with van der Waals surface area (Å²) in [6.07, 6.45) is 10.3. The van der Waals surface area contributed by atoms with Crippen LogP contribution in [0.3, 0.4) is 0 Å². The van der Waals surface area contributed by atoms with Crippen molar-refractivity contribution in [2.24, 2.45) is 10.9 Å². The molecule has 8 heteroatoms. The van der Waals surface area contributed by atoms with Gasteiger partial charge in [-0.1, -0.05) is 19.8 Å². The number of H-pyrrole nitrogens is 1. The van der Waals surface area contributed by atoms with E-state index in [0.29, 0.717) is 23.6 Å². The van der Waals surface area contributed by atoms with Crippen LogP contribution in [-0.4, -0.2) is 27.9 Å². The van der Waals surface area contributed by atoms with E-state index in [9.17, 15) is 4.79 Å². The Morgan fingerprint density at radius 1 is 1.27 bits per heavy atom. The topological polar surface area (TPSA) is 82.2 Å². The van der Waals surface area contributed by atoms with Crippen LogP contribution in [-0.2, 0) is 4.79 Å². The van der Waals surface area contributed by atoms with Crippen molar-refractivity contribution in [3.63, 3.8) is 0 Å². The summed E-state index contributed by atoms with van der Waals surface area (Å²) in [5.41, 5.74) is 2.14. The van der Waals surface area contributed by atoms with Gasteiger partial charge in [0.2, 0.25) is 5.96 Å². The number of rotatable bonds is 2. The summed E-state index contributed by atoms with van der Waals surface area (Å²) in [6.45, 7) is 2.25. The molecule has 0 spiro atoms. The molecular weight excluding hydrogens is 373 g/mol. The smallest absolute Gasteiger partial charge is 0.276 e. The SMILES string of the molecule is CC1CCCCC1NC1=NC(=Cc2c[nH]c3ncccc23)C(=O)N1.Cl.Cl. The quantitative estimate of drug-likeness (QED) is 0.681.